The lowest BCUT2D eigenvalue weighted by Crippen LogP contribution is -2.25. The van der Waals surface area contributed by atoms with Crippen LogP contribution in [0.3, 0.4) is 0 Å². The van der Waals surface area contributed by atoms with Crippen molar-refractivity contribution >= 4 is 16.6 Å². The lowest BCUT2D eigenvalue weighted by Gasteiger charge is -2.20. The van der Waals surface area contributed by atoms with Crippen LogP contribution in [-0.4, -0.2) is 24.6 Å². The molecule has 0 saturated carbocycles. The van der Waals surface area contributed by atoms with Crippen LogP contribution in [-0.2, 0) is 6.54 Å². The molecule has 2 heterocycles. The molecule has 0 N–H and O–H groups in total. The van der Waals surface area contributed by atoms with Crippen LogP contribution in [0.25, 0.3) is 22.0 Å². The van der Waals surface area contributed by atoms with Crippen molar-refractivity contribution in [1.29, 1.82) is 0 Å². The third kappa shape index (κ3) is 3.91. The number of furan rings is 1. The van der Waals surface area contributed by atoms with Gasteiger partial charge in [-0.25, -0.2) is 0 Å². The molecule has 1 aliphatic rings. The molecule has 0 spiro atoms. The first kappa shape index (κ1) is 23.9. The fourth-order valence-electron chi connectivity index (χ4n) is 5.36. The van der Waals surface area contributed by atoms with Crippen molar-refractivity contribution in [2.75, 3.05) is 14.2 Å². The summed E-state index contributed by atoms with van der Waals surface area (Å²) in [5, 5.41) is 0.959. The van der Waals surface area contributed by atoms with Gasteiger partial charge in [-0.15, -0.1) is 0 Å². The van der Waals surface area contributed by atoms with E-state index in [2.05, 4.69) is 13.8 Å². The lowest BCUT2D eigenvalue weighted by atomic mass is 9.92. The second-order valence-electron chi connectivity index (χ2n) is 9.75. The van der Waals surface area contributed by atoms with Gasteiger partial charge in [-0.1, -0.05) is 44.5 Å². The minimum absolute atomic E-state index is 0.0750. The van der Waals surface area contributed by atoms with Crippen molar-refractivity contribution in [3.8, 4) is 22.8 Å². The maximum atomic E-state index is 14.1. The van der Waals surface area contributed by atoms with E-state index in [0.717, 1.165) is 24.2 Å². The fraction of sp³-hybridized carbons (Fsp3) is 0.333. The minimum Gasteiger partial charge on any atom is -0.493 e. The molecule has 0 amide bonds. The number of ketones is 1. The monoisotopic (exact) mass is 485 g/mol. The molecule has 2 aromatic heterocycles. The summed E-state index contributed by atoms with van der Waals surface area (Å²) in [5.41, 5.74) is 2.45. The first-order valence-corrected chi connectivity index (χ1v) is 12.4. The summed E-state index contributed by atoms with van der Waals surface area (Å²) in [5.74, 6) is 2.40. The van der Waals surface area contributed by atoms with Crippen LogP contribution in [0.1, 0.15) is 60.7 Å². The standard InChI is InChI=1S/C30H31NO5/c1-18(2)11-12-19(23-10-7-17-36-23)15-16-31-27-20-8-5-6-9-21(20)28(32)25(27)22-13-14-24(34-3)29(35-4)26(22)30(31)33/h5-10,13-14,17-19H,11-12,15-16H2,1-4H3/t19-/m1/s1. The van der Waals surface area contributed by atoms with Gasteiger partial charge in [0.2, 0.25) is 0 Å². The Hall–Kier alpha value is -3.80. The highest BCUT2D eigenvalue weighted by Crippen LogP contribution is 2.43. The number of aromatic nitrogens is 1. The molecule has 36 heavy (non-hydrogen) atoms. The Morgan fingerprint density at radius 2 is 1.67 bits per heavy atom. The number of hydrogen-bond donors (Lipinski definition) is 0. The molecule has 0 fully saturated rings. The van der Waals surface area contributed by atoms with Gasteiger partial charge in [-0.05, 0) is 43.0 Å². The quantitative estimate of drug-likeness (QED) is 0.240. The van der Waals surface area contributed by atoms with Crippen molar-refractivity contribution < 1.29 is 18.7 Å². The number of ether oxygens (including phenoxy) is 2. The minimum atomic E-state index is -0.189. The lowest BCUT2D eigenvalue weighted by molar-refractivity contribution is 0.104. The van der Waals surface area contributed by atoms with E-state index in [1.165, 1.54) is 7.11 Å². The van der Waals surface area contributed by atoms with E-state index < -0.39 is 0 Å². The van der Waals surface area contributed by atoms with Gasteiger partial charge in [0.1, 0.15) is 5.76 Å². The highest BCUT2D eigenvalue weighted by molar-refractivity contribution is 6.27. The Morgan fingerprint density at radius 3 is 2.33 bits per heavy atom. The predicted octanol–water partition coefficient (Wildman–Crippen LogP) is 6.43. The summed E-state index contributed by atoms with van der Waals surface area (Å²) < 4.78 is 18.7. The fourth-order valence-corrected chi connectivity index (χ4v) is 5.36. The van der Waals surface area contributed by atoms with Crippen LogP contribution in [0.5, 0.6) is 11.5 Å². The molecule has 186 valence electrons. The van der Waals surface area contributed by atoms with Crippen LogP contribution in [0.2, 0.25) is 0 Å². The zero-order valence-electron chi connectivity index (χ0n) is 21.2. The SMILES string of the molecule is COc1ccc2c3c(n(CC[C@@H](CCC(C)C)c4ccco4)c(=O)c2c1OC)-c1ccccc1C3=O. The average Bonchev–Trinajstić information content (AvgIpc) is 3.52. The van der Waals surface area contributed by atoms with Crippen molar-refractivity contribution in [2.24, 2.45) is 5.92 Å². The van der Waals surface area contributed by atoms with Crippen LogP contribution in [0, 0.1) is 5.92 Å². The van der Waals surface area contributed by atoms with Crippen LogP contribution in [0.4, 0.5) is 0 Å². The summed E-state index contributed by atoms with van der Waals surface area (Å²) in [4.78, 5) is 27.7. The molecule has 2 aromatic carbocycles. The number of hydrogen-bond acceptors (Lipinski definition) is 5. The highest BCUT2D eigenvalue weighted by atomic mass is 16.5. The molecule has 0 unspecified atom stereocenters. The van der Waals surface area contributed by atoms with E-state index in [1.807, 2.05) is 36.4 Å². The van der Waals surface area contributed by atoms with Gasteiger partial charge >= 0.3 is 0 Å². The normalized spacial score (nSPS) is 13.2. The molecule has 1 aliphatic carbocycles. The van der Waals surface area contributed by atoms with Crippen molar-refractivity contribution in [1.82, 2.24) is 4.57 Å². The molecule has 6 nitrogen and oxygen atoms in total. The molecule has 0 aliphatic heterocycles. The molecule has 0 radical (unpaired) electrons. The van der Waals surface area contributed by atoms with Crippen molar-refractivity contribution in [3.05, 3.63) is 82.0 Å². The van der Waals surface area contributed by atoms with Crippen molar-refractivity contribution in [2.45, 2.75) is 45.6 Å². The largest absolute Gasteiger partial charge is 0.493 e. The summed E-state index contributed by atoms with van der Waals surface area (Å²) in [6.45, 7) is 4.87. The molecular weight excluding hydrogens is 454 g/mol. The third-order valence-electron chi connectivity index (χ3n) is 7.17. The number of nitrogens with zero attached hydrogens (tertiary/aromatic N) is 1. The van der Waals surface area contributed by atoms with E-state index in [1.54, 1.807) is 30.1 Å². The van der Waals surface area contributed by atoms with E-state index in [-0.39, 0.29) is 17.3 Å². The Balaban J connectivity index is 1.70. The second-order valence-corrected chi connectivity index (χ2v) is 9.75. The second kappa shape index (κ2) is 9.69. The number of methoxy groups -OCH3 is 2. The Morgan fingerprint density at radius 1 is 0.889 bits per heavy atom. The van der Waals surface area contributed by atoms with Gasteiger partial charge in [-0.2, -0.15) is 0 Å². The molecular formula is C30H31NO5. The van der Waals surface area contributed by atoms with E-state index in [0.29, 0.717) is 58.0 Å². The maximum Gasteiger partial charge on any atom is 0.262 e. The zero-order chi connectivity index (χ0) is 25.4. The average molecular weight is 486 g/mol. The summed E-state index contributed by atoms with van der Waals surface area (Å²) in [6, 6.07) is 15.0. The first-order chi connectivity index (χ1) is 17.5. The van der Waals surface area contributed by atoms with Crippen LogP contribution >= 0.6 is 0 Å². The third-order valence-corrected chi connectivity index (χ3v) is 7.17. The summed E-state index contributed by atoms with van der Waals surface area (Å²) in [6.07, 6.45) is 4.43. The number of benzene rings is 2. The molecule has 1 atom stereocenters. The zero-order valence-corrected chi connectivity index (χ0v) is 21.2. The van der Waals surface area contributed by atoms with Gasteiger partial charge < -0.3 is 18.5 Å². The van der Waals surface area contributed by atoms with Gasteiger partial charge in [0.05, 0.1) is 37.1 Å². The summed E-state index contributed by atoms with van der Waals surface area (Å²) in [7, 11) is 3.06. The molecule has 0 bridgehead atoms. The first-order valence-electron chi connectivity index (χ1n) is 12.4. The van der Waals surface area contributed by atoms with Crippen LogP contribution < -0.4 is 15.0 Å². The molecule has 5 rings (SSSR count). The maximum absolute atomic E-state index is 14.1. The van der Waals surface area contributed by atoms with Gasteiger partial charge in [0.25, 0.3) is 5.56 Å². The molecule has 0 saturated heterocycles. The van der Waals surface area contributed by atoms with Gasteiger partial charge in [-0.3, -0.25) is 9.59 Å². The smallest absolute Gasteiger partial charge is 0.262 e. The van der Waals surface area contributed by atoms with Crippen LogP contribution in [0.15, 0.2) is 64.0 Å². The number of fused-ring (bicyclic) bond motifs is 5. The summed E-state index contributed by atoms with van der Waals surface area (Å²) >= 11 is 0. The molecule has 4 aromatic rings. The topological polar surface area (TPSA) is 70.7 Å². The number of carbonyl (C=O) groups excluding carboxylic acids is 1. The predicted molar refractivity (Wildman–Crippen MR) is 140 cm³/mol. The van der Waals surface area contributed by atoms with E-state index in [9.17, 15) is 9.59 Å². The Bertz CT molecular complexity index is 1480. The van der Waals surface area contributed by atoms with E-state index in [4.69, 9.17) is 13.9 Å². The van der Waals surface area contributed by atoms with Crippen molar-refractivity contribution in [3.63, 3.8) is 0 Å². The number of pyridine rings is 1. The van der Waals surface area contributed by atoms with Gasteiger partial charge in [0, 0.05) is 29.0 Å². The Labute approximate surface area is 210 Å². The number of carbonyl (C=O) groups is 1. The molecule has 6 heteroatoms. The highest BCUT2D eigenvalue weighted by Gasteiger charge is 2.34. The van der Waals surface area contributed by atoms with E-state index >= 15 is 0 Å². The number of rotatable bonds is 9. The Kier molecular flexibility index (Phi) is 6.44. The van der Waals surface area contributed by atoms with Gasteiger partial charge in [0.15, 0.2) is 17.3 Å².